The van der Waals surface area contributed by atoms with Crippen LogP contribution in [-0.2, 0) is 21.7 Å². The van der Waals surface area contributed by atoms with Crippen molar-refractivity contribution in [1.29, 1.82) is 0 Å². The molecule has 1 aliphatic carbocycles. The molecule has 3 aromatic rings. The number of hydrogen-bond donors (Lipinski definition) is 0. The van der Waals surface area contributed by atoms with E-state index in [1.165, 1.54) is 6.26 Å². The van der Waals surface area contributed by atoms with Gasteiger partial charge in [-0.2, -0.15) is 20.0 Å². The second kappa shape index (κ2) is 6.31. The molecular formula is C17H19N5O3S. The number of rotatable bonds is 6. The first-order valence-electron chi connectivity index (χ1n) is 8.41. The van der Waals surface area contributed by atoms with Crippen LogP contribution in [0, 0.1) is 0 Å². The highest BCUT2D eigenvalue weighted by Crippen LogP contribution is 2.43. The molecule has 0 aliphatic heterocycles. The third kappa shape index (κ3) is 3.39. The van der Waals surface area contributed by atoms with E-state index < -0.39 is 15.3 Å². The summed E-state index contributed by atoms with van der Waals surface area (Å²) in [4.78, 5) is 5.99. The Balaban J connectivity index is 1.52. The average Bonchev–Trinajstić information content (AvgIpc) is 3.21. The lowest BCUT2D eigenvalue weighted by Gasteiger charge is -2.38. The molecule has 2 heterocycles. The lowest BCUT2D eigenvalue weighted by Crippen LogP contribution is -2.41. The van der Waals surface area contributed by atoms with Crippen LogP contribution in [-0.4, -0.2) is 45.6 Å². The van der Waals surface area contributed by atoms with Crippen LogP contribution in [0.15, 0.2) is 41.1 Å². The second-order valence-electron chi connectivity index (χ2n) is 6.85. The molecule has 8 nitrogen and oxygen atoms in total. The summed E-state index contributed by atoms with van der Waals surface area (Å²) in [6.07, 6.45) is 5.77. The summed E-state index contributed by atoms with van der Waals surface area (Å²) >= 11 is 0. The first-order chi connectivity index (χ1) is 12.4. The predicted octanol–water partition coefficient (Wildman–Crippen LogP) is 1.71. The molecule has 0 radical (unpaired) electrons. The third-order valence-electron chi connectivity index (χ3n) is 4.65. The van der Waals surface area contributed by atoms with Crippen molar-refractivity contribution in [3.8, 4) is 5.69 Å². The number of hydrogen-bond acceptors (Lipinski definition) is 7. The smallest absolute Gasteiger partial charge is 0.232 e. The van der Waals surface area contributed by atoms with Crippen molar-refractivity contribution in [3.05, 3.63) is 53.9 Å². The minimum absolute atomic E-state index is 0.0587. The SMILES string of the molecule is CS(=O)(=O)CC1(c2noc(Cc3cnn(-c4ccccc4)n3)n2)CCC1. The summed E-state index contributed by atoms with van der Waals surface area (Å²) in [6, 6.07) is 9.60. The van der Waals surface area contributed by atoms with E-state index in [9.17, 15) is 8.42 Å². The molecule has 0 unspecified atom stereocenters. The number of sulfone groups is 1. The summed E-state index contributed by atoms with van der Waals surface area (Å²) in [6.45, 7) is 0. The Morgan fingerprint density at radius 3 is 2.65 bits per heavy atom. The Morgan fingerprint density at radius 1 is 1.23 bits per heavy atom. The number of nitrogens with zero attached hydrogens (tertiary/aromatic N) is 5. The lowest BCUT2D eigenvalue weighted by atomic mass is 9.70. The van der Waals surface area contributed by atoms with Crippen molar-refractivity contribution in [3.63, 3.8) is 0 Å². The van der Waals surface area contributed by atoms with Gasteiger partial charge in [0.2, 0.25) is 5.89 Å². The maximum Gasteiger partial charge on any atom is 0.232 e. The summed E-state index contributed by atoms with van der Waals surface area (Å²) in [7, 11) is -3.12. The maximum atomic E-state index is 11.7. The van der Waals surface area contributed by atoms with Gasteiger partial charge in [0, 0.05) is 11.7 Å². The van der Waals surface area contributed by atoms with E-state index >= 15 is 0 Å². The van der Waals surface area contributed by atoms with E-state index in [1.807, 2.05) is 30.3 Å². The van der Waals surface area contributed by atoms with Crippen molar-refractivity contribution in [2.24, 2.45) is 0 Å². The maximum absolute atomic E-state index is 11.7. The van der Waals surface area contributed by atoms with Gasteiger partial charge in [-0.15, -0.1) is 0 Å². The van der Waals surface area contributed by atoms with Crippen LogP contribution in [0.1, 0.15) is 36.7 Å². The van der Waals surface area contributed by atoms with E-state index in [0.29, 0.717) is 23.8 Å². The summed E-state index contributed by atoms with van der Waals surface area (Å²) < 4.78 is 28.8. The van der Waals surface area contributed by atoms with Crippen LogP contribution in [0.2, 0.25) is 0 Å². The Morgan fingerprint density at radius 2 is 2.00 bits per heavy atom. The molecule has 0 N–H and O–H groups in total. The molecule has 26 heavy (non-hydrogen) atoms. The molecule has 4 rings (SSSR count). The first-order valence-corrected chi connectivity index (χ1v) is 10.5. The molecule has 0 saturated heterocycles. The van der Waals surface area contributed by atoms with Crippen molar-refractivity contribution in [1.82, 2.24) is 25.1 Å². The fourth-order valence-electron chi connectivity index (χ4n) is 3.30. The molecular weight excluding hydrogens is 354 g/mol. The van der Waals surface area contributed by atoms with Crippen LogP contribution >= 0.6 is 0 Å². The second-order valence-corrected chi connectivity index (χ2v) is 8.99. The minimum Gasteiger partial charge on any atom is -0.339 e. The number of aromatic nitrogens is 5. The van der Waals surface area contributed by atoms with Crippen molar-refractivity contribution < 1.29 is 12.9 Å². The van der Waals surface area contributed by atoms with Gasteiger partial charge in [0.25, 0.3) is 0 Å². The molecule has 0 bridgehead atoms. The molecule has 1 aliphatic rings. The van der Waals surface area contributed by atoms with E-state index in [4.69, 9.17) is 4.52 Å². The fourth-order valence-corrected chi connectivity index (χ4v) is 4.72. The van der Waals surface area contributed by atoms with Gasteiger partial charge >= 0.3 is 0 Å². The molecule has 0 atom stereocenters. The van der Waals surface area contributed by atoms with Crippen molar-refractivity contribution >= 4 is 9.84 Å². The van der Waals surface area contributed by atoms with Gasteiger partial charge in [0.15, 0.2) is 5.82 Å². The standard InChI is InChI=1S/C17H19N5O3S/c1-26(23,24)12-17(8-5-9-17)16-19-15(25-21-16)10-13-11-18-22(20-13)14-6-3-2-4-7-14/h2-4,6-7,11H,5,8-10,12H2,1H3. The van der Waals surface area contributed by atoms with Gasteiger partial charge in [-0.05, 0) is 25.0 Å². The van der Waals surface area contributed by atoms with Crippen molar-refractivity contribution in [2.45, 2.75) is 31.1 Å². The molecule has 2 aromatic heterocycles. The normalized spacial score (nSPS) is 16.3. The Kier molecular flexibility index (Phi) is 4.10. The quantitative estimate of drug-likeness (QED) is 0.648. The van der Waals surface area contributed by atoms with Gasteiger partial charge in [-0.25, -0.2) is 8.42 Å². The van der Waals surface area contributed by atoms with Gasteiger partial charge in [-0.3, -0.25) is 0 Å². The lowest BCUT2D eigenvalue weighted by molar-refractivity contribution is 0.248. The Bertz CT molecular complexity index is 1010. The summed E-state index contributed by atoms with van der Waals surface area (Å²) in [5.41, 5.74) is 1.07. The highest BCUT2D eigenvalue weighted by Gasteiger charge is 2.45. The van der Waals surface area contributed by atoms with E-state index in [0.717, 1.165) is 24.9 Å². The Hall–Kier alpha value is -2.55. The van der Waals surface area contributed by atoms with Crippen LogP contribution in [0.25, 0.3) is 5.69 Å². The van der Waals surface area contributed by atoms with Crippen molar-refractivity contribution in [2.75, 3.05) is 12.0 Å². The van der Waals surface area contributed by atoms with Crippen LogP contribution in [0.4, 0.5) is 0 Å². The molecule has 1 aromatic carbocycles. The molecule has 136 valence electrons. The van der Waals surface area contributed by atoms with E-state index in [2.05, 4.69) is 20.3 Å². The molecule has 0 spiro atoms. The zero-order chi connectivity index (χ0) is 18.2. The zero-order valence-corrected chi connectivity index (χ0v) is 15.2. The highest BCUT2D eigenvalue weighted by atomic mass is 32.2. The molecule has 0 amide bonds. The van der Waals surface area contributed by atoms with Crippen LogP contribution in [0.3, 0.4) is 0 Å². The highest BCUT2D eigenvalue weighted by molar-refractivity contribution is 7.90. The molecule has 9 heteroatoms. The van der Waals surface area contributed by atoms with Gasteiger partial charge < -0.3 is 4.52 Å². The summed E-state index contributed by atoms with van der Waals surface area (Å²) in [5.74, 6) is 0.961. The van der Waals surface area contributed by atoms with Crippen LogP contribution < -0.4 is 0 Å². The fraction of sp³-hybridized carbons (Fsp3) is 0.412. The van der Waals surface area contributed by atoms with Gasteiger partial charge in [0.1, 0.15) is 9.84 Å². The number of benzene rings is 1. The number of para-hydroxylation sites is 1. The van der Waals surface area contributed by atoms with Gasteiger partial charge in [0.05, 0.1) is 29.8 Å². The average molecular weight is 373 g/mol. The largest absolute Gasteiger partial charge is 0.339 e. The molecule has 1 saturated carbocycles. The van der Waals surface area contributed by atoms with E-state index in [1.54, 1.807) is 11.0 Å². The Labute approximate surface area is 151 Å². The third-order valence-corrected chi connectivity index (χ3v) is 5.73. The molecule has 1 fully saturated rings. The monoisotopic (exact) mass is 373 g/mol. The van der Waals surface area contributed by atoms with Crippen LogP contribution in [0.5, 0.6) is 0 Å². The predicted molar refractivity (Wildman–Crippen MR) is 93.7 cm³/mol. The zero-order valence-electron chi connectivity index (χ0n) is 14.4. The topological polar surface area (TPSA) is 104 Å². The minimum atomic E-state index is -3.12. The van der Waals surface area contributed by atoms with Gasteiger partial charge in [-0.1, -0.05) is 29.8 Å². The summed E-state index contributed by atoms with van der Waals surface area (Å²) in [5, 5.41) is 12.7. The van der Waals surface area contributed by atoms with E-state index in [-0.39, 0.29) is 5.75 Å². The first kappa shape index (κ1) is 16.9.